The van der Waals surface area contributed by atoms with Gasteiger partial charge in [0.1, 0.15) is 5.69 Å². The molecule has 0 fully saturated rings. The number of aromatic nitrogens is 1. The van der Waals surface area contributed by atoms with Crippen molar-refractivity contribution < 1.29 is 4.79 Å². The summed E-state index contributed by atoms with van der Waals surface area (Å²) in [7, 11) is 1.78. The van der Waals surface area contributed by atoms with Crippen molar-refractivity contribution in [1.82, 2.24) is 4.98 Å². The number of amides is 1. The Bertz CT molecular complexity index is 680. The SMILES string of the molecule is C=Nc1ccc(-c2ccc(C(N)=O)c(C)c2)nc1NC. The molecule has 5 nitrogen and oxygen atoms in total. The van der Waals surface area contributed by atoms with Crippen molar-refractivity contribution in [2.75, 3.05) is 12.4 Å². The standard InChI is InChI=1S/C15H16N4O/c1-9-8-10(4-5-11(9)14(16)20)12-6-7-13(17-2)15(18-3)19-12/h4-8H,2H2,1,3H3,(H2,16,20)(H,18,19). The van der Waals surface area contributed by atoms with Crippen molar-refractivity contribution in [3.63, 3.8) is 0 Å². The molecule has 1 amide bonds. The number of aryl methyl sites for hydroxylation is 1. The van der Waals surface area contributed by atoms with E-state index in [0.717, 1.165) is 16.8 Å². The molecule has 3 N–H and O–H groups in total. The highest BCUT2D eigenvalue weighted by molar-refractivity contribution is 5.94. The molecule has 20 heavy (non-hydrogen) atoms. The molecule has 1 aromatic carbocycles. The molecule has 0 atom stereocenters. The number of nitrogens with zero attached hydrogens (tertiary/aromatic N) is 2. The van der Waals surface area contributed by atoms with E-state index < -0.39 is 5.91 Å². The van der Waals surface area contributed by atoms with E-state index in [-0.39, 0.29) is 0 Å². The minimum atomic E-state index is -0.427. The molecule has 1 aromatic heterocycles. The first kappa shape index (κ1) is 13.7. The van der Waals surface area contributed by atoms with E-state index in [9.17, 15) is 4.79 Å². The second kappa shape index (κ2) is 5.52. The first-order chi connectivity index (χ1) is 9.56. The minimum absolute atomic E-state index is 0.427. The van der Waals surface area contributed by atoms with Gasteiger partial charge in [-0.25, -0.2) is 4.98 Å². The molecular weight excluding hydrogens is 252 g/mol. The zero-order chi connectivity index (χ0) is 14.7. The highest BCUT2D eigenvalue weighted by Crippen LogP contribution is 2.27. The molecule has 2 aromatic rings. The van der Waals surface area contributed by atoms with Gasteiger partial charge in [0.2, 0.25) is 5.91 Å². The number of benzene rings is 1. The van der Waals surface area contributed by atoms with Crippen molar-refractivity contribution in [2.45, 2.75) is 6.92 Å². The summed E-state index contributed by atoms with van der Waals surface area (Å²) >= 11 is 0. The van der Waals surface area contributed by atoms with Crippen LogP contribution in [0.1, 0.15) is 15.9 Å². The molecule has 2 rings (SSSR count). The number of nitrogens with one attached hydrogen (secondary N) is 1. The van der Waals surface area contributed by atoms with Crippen molar-refractivity contribution in [3.8, 4) is 11.3 Å². The summed E-state index contributed by atoms with van der Waals surface area (Å²) in [5.74, 6) is 0.234. The van der Waals surface area contributed by atoms with Crippen LogP contribution in [-0.2, 0) is 0 Å². The van der Waals surface area contributed by atoms with Crippen LogP contribution < -0.4 is 11.1 Å². The van der Waals surface area contributed by atoms with Gasteiger partial charge in [-0.1, -0.05) is 6.07 Å². The lowest BCUT2D eigenvalue weighted by atomic mass is 10.0. The number of carbonyl (C=O) groups excluding carboxylic acids is 1. The third-order valence-electron chi connectivity index (χ3n) is 3.07. The average Bonchev–Trinajstić information content (AvgIpc) is 2.45. The fraction of sp³-hybridized carbons (Fsp3) is 0.133. The first-order valence-electron chi connectivity index (χ1n) is 6.13. The van der Waals surface area contributed by atoms with E-state index in [1.165, 1.54) is 0 Å². The third kappa shape index (κ3) is 2.51. The maximum atomic E-state index is 11.2. The molecule has 0 unspecified atom stereocenters. The van der Waals surface area contributed by atoms with Crippen molar-refractivity contribution in [2.24, 2.45) is 10.7 Å². The summed E-state index contributed by atoms with van der Waals surface area (Å²) in [6.45, 7) is 5.36. The van der Waals surface area contributed by atoms with Gasteiger partial charge in [0.15, 0.2) is 5.82 Å². The van der Waals surface area contributed by atoms with E-state index in [0.29, 0.717) is 17.1 Å². The molecule has 0 spiro atoms. The highest BCUT2D eigenvalue weighted by Gasteiger charge is 2.09. The van der Waals surface area contributed by atoms with Crippen molar-refractivity contribution in [3.05, 3.63) is 41.5 Å². The third-order valence-corrected chi connectivity index (χ3v) is 3.07. The molecular formula is C15H16N4O. The first-order valence-corrected chi connectivity index (χ1v) is 6.13. The van der Waals surface area contributed by atoms with Gasteiger partial charge in [-0.3, -0.25) is 9.79 Å². The second-order valence-electron chi connectivity index (χ2n) is 4.37. The zero-order valence-electron chi connectivity index (χ0n) is 11.5. The Morgan fingerprint density at radius 1 is 1.35 bits per heavy atom. The van der Waals surface area contributed by atoms with E-state index in [1.54, 1.807) is 13.1 Å². The largest absolute Gasteiger partial charge is 0.371 e. The number of nitrogens with two attached hydrogens (primary N) is 1. The zero-order valence-corrected chi connectivity index (χ0v) is 11.5. The molecule has 0 saturated heterocycles. The number of hydrogen-bond donors (Lipinski definition) is 2. The van der Waals surface area contributed by atoms with E-state index >= 15 is 0 Å². The molecule has 0 aliphatic carbocycles. The minimum Gasteiger partial charge on any atom is -0.371 e. The van der Waals surface area contributed by atoms with Crippen LogP contribution in [0, 0.1) is 6.92 Å². The van der Waals surface area contributed by atoms with Gasteiger partial charge in [0, 0.05) is 18.2 Å². The van der Waals surface area contributed by atoms with Crippen LogP contribution in [-0.4, -0.2) is 24.7 Å². The lowest BCUT2D eigenvalue weighted by molar-refractivity contribution is 0.1000. The predicted octanol–water partition coefficient (Wildman–Crippen LogP) is 2.53. The summed E-state index contributed by atoms with van der Waals surface area (Å²) in [5, 5.41) is 2.98. The maximum absolute atomic E-state index is 11.2. The lowest BCUT2D eigenvalue weighted by Crippen LogP contribution is -2.12. The lowest BCUT2D eigenvalue weighted by Gasteiger charge is -2.09. The number of rotatable bonds is 4. The van der Waals surface area contributed by atoms with Gasteiger partial charge < -0.3 is 11.1 Å². The monoisotopic (exact) mass is 268 g/mol. The fourth-order valence-electron chi connectivity index (χ4n) is 2.02. The summed E-state index contributed by atoms with van der Waals surface area (Å²) < 4.78 is 0. The van der Waals surface area contributed by atoms with Crippen LogP contribution in [0.5, 0.6) is 0 Å². The predicted molar refractivity (Wildman–Crippen MR) is 81.7 cm³/mol. The Kier molecular flexibility index (Phi) is 3.79. The number of primary amides is 1. The smallest absolute Gasteiger partial charge is 0.248 e. The van der Waals surface area contributed by atoms with Crippen molar-refractivity contribution in [1.29, 1.82) is 0 Å². The molecule has 0 aliphatic heterocycles. The molecule has 0 aliphatic rings. The Morgan fingerprint density at radius 3 is 2.65 bits per heavy atom. The number of pyridine rings is 1. The maximum Gasteiger partial charge on any atom is 0.248 e. The highest BCUT2D eigenvalue weighted by atomic mass is 16.1. The van der Waals surface area contributed by atoms with Crippen LogP contribution in [0.3, 0.4) is 0 Å². The summed E-state index contributed by atoms with van der Waals surface area (Å²) in [6, 6.07) is 9.15. The molecule has 0 bridgehead atoms. The van der Waals surface area contributed by atoms with Gasteiger partial charge in [0.25, 0.3) is 0 Å². The normalized spacial score (nSPS) is 10.1. The average molecular weight is 268 g/mol. The van der Waals surface area contributed by atoms with E-state index in [2.05, 4.69) is 22.0 Å². The Morgan fingerprint density at radius 2 is 2.10 bits per heavy atom. The Hall–Kier alpha value is -2.69. The van der Waals surface area contributed by atoms with Crippen LogP contribution >= 0.6 is 0 Å². The van der Waals surface area contributed by atoms with Gasteiger partial charge in [-0.05, 0) is 43.5 Å². The van der Waals surface area contributed by atoms with Crippen LogP contribution in [0.4, 0.5) is 11.5 Å². The topological polar surface area (TPSA) is 80.4 Å². The van der Waals surface area contributed by atoms with E-state index in [4.69, 9.17) is 5.73 Å². The van der Waals surface area contributed by atoms with Crippen LogP contribution in [0.25, 0.3) is 11.3 Å². The summed E-state index contributed by atoms with van der Waals surface area (Å²) in [5.41, 5.74) is 9.06. The number of carbonyl (C=O) groups is 1. The quantitative estimate of drug-likeness (QED) is 0.836. The summed E-state index contributed by atoms with van der Waals surface area (Å²) in [4.78, 5) is 19.6. The van der Waals surface area contributed by atoms with Gasteiger partial charge in [0.05, 0.1) is 5.69 Å². The van der Waals surface area contributed by atoms with Crippen molar-refractivity contribution >= 4 is 24.1 Å². The van der Waals surface area contributed by atoms with Gasteiger partial charge in [-0.15, -0.1) is 0 Å². The van der Waals surface area contributed by atoms with E-state index in [1.807, 2.05) is 31.2 Å². The molecule has 102 valence electrons. The van der Waals surface area contributed by atoms with Crippen LogP contribution in [0.2, 0.25) is 0 Å². The second-order valence-corrected chi connectivity index (χ2v) is 4.37. The van der Waals surface area contributed by atoms with Gasteiger partial charge >= 0.3 is 0 Å². The fourth-order valence-corrected chi connectivity index (χ4v) is 2.02. The summed E-state index contributed by atoms with van der Waals surface area (Å²) in [6.07, 6.45) is 0. The molecule has 0 radical (unpaired) electrons. The Labute approximate surface area is 117 Å². The van der Waals surface area contributed by atoms with Crippen LogP contribution in [0.15, 0.2) is 35.3 Å². The number of anilines is 1. The van der Waals surface area contributed by atoms with Gasteiger partial charge in [-0.2, -0.15) is 0 Å². The molecule has 0 saturated carbocycles. The number of aliphatic imine (C=N–C) groups is 1. The Balaban J connectivity index is 2.49. The number of hydrogen-bond acceptors (Lipinski definition) is 4. The molecule has 5 heteroatoms. The molecule has 1 heterocycles.